The van der Waals surface area contributed by atoms with Gasteiger partial charge in [0.15, 0.2) is 0 Å². The summed E-state index contributed by atoms with van der Waals surface area (Å²) in [6.45, 7) is 2.38. The predicted molar refractivity (Wildman–Crippen MR) is 270 cm³/mol. The molecule has 1 atom stereocenters. The number of hydrogen-bond acceptors (Lipinski definition) is 1. The molecule has 2 aliphatic rings. The van der Waals surface area contributed by atoms with E-state index in [1.165, 1.54) is 93.5 Å². The minimum atomic E-state index is -0.609. The lowest BCUT2D eigenvalue weighted by atomic mass is 9.67. The molecule has 1 aromatic heterocycles. The third-order valence-corrected chi connectivity index (χ3v) is 14.2. The number of allylic oxidation sites excluding steroid dienone is 1. The van der Waals surface area contributed by atoms with Gasteiger partial charge in [0, 0.05) is 33.4 Å². The third kappa shape index (κ3) is 5.20. The number of nitrogens with zero attached hydrogens (tertiary/aromatic N) is 2. The van der Waals surface area contributed by atoms with Crippen molar-refractivity contribution >= 4 is 66.5 Å². The van der Waals surface area contributed by atoms with Gasteiger partial charge >= 0.3 is 0 Å². The predicted octanol–water partition coefficient (Wildman–Crippen LogP) is 16.4. The molecule has 0 amide bonds. The highest BCUT2D eigenvalue weighted by Crippen LogP contribution is 2.59. The molecule has 13 rings (SSSR count). The molecule has 64 heavy (non-hydrogen) atoms. The first-order valence-electron chi connectivity index (χ1n) is 22.6. The molecule has 2 aliphatic carbocycles. The van der Waals surface area contributed by atoms with Crippen LogP contribution in [0.15, 0.2) is 224 Å². The Balaban J connectivity index is 1.11. The zero-order chi connectivity index (χ0) is 42.4. The molecule has 0 fully saturated rings. The van der Waals surface area contributed by atoms with Crippen molar-refractivity contribution in [3.05, 3.63) is 258 Å². The summed E-state index contributed by atoms with van der Waals surface area (Å²) >= 11 is 0. The number of anilines is 3. The normalized spacial score (nSPS) is 14.8. The molecule has 0 bridgehead atoms. The summed E-state index contributed by atoms with van der Waals surface area (Å²) in [5.41, 5.74) is 16.7. The largest absolute Gasteiger partial charge is 0.310 e. The monoisotopic (exact) mass is 816 g/mol. The number of para-hydroxylation sites is 3. The van der Waals surface area contributed by atoms with Crippen molar-refractivity contribution in [3.63, 3.8) is 0 Å². The van der Waals surface area contributed by atoms with E-state index >= 15 is 0 Å². The number of aromatic nitrogens is 1. The fourth-order valence-electron chi connectivity index (χ4n) is 11.6. The highest BCUT2D eigenvalue weighted by atomic mass is 15.1. The van der Waals surface area contributed by atoms with E-state index in [4.69, 9.17) is 0 Å². The average Bonchev–Trinajstić information content (AvgIpc) is 3.86. The molecular weight excluding hydrogens is 773 g/mol. The van der Waals surface area contributed by atoms with Crippen molar-refractivity contribution < 1.29 is 0 Å². The van der Waals surface area contributed by atoms with E-state index in [-0.39, 0.29) is 0 Å². The first kappa shape index (κ1) is 36.7. The molecule has 0 aliphatic heterocycles. The molecule has 302 valence electrons. The Morgan fingerprint density at radius 1 is 0.453 bits per heavy atom. The van der Waals surface area contributed by atoms with Crippen LogP contribution in [0.5, 0.6) is 0 Å². The van der Waals surface area contributed by atoms with Crippen LogP contribution in [0.1, 0.15) is 52.6 Å². The van der Waals surface area contributed by atoms with E-state index in [9.17, 15) is 0 Å². The van der Waals surface area contributed by atoms with Crippen LogP contribution in [0, 0.1) is 0 Å². The van der Waals surface area contributed by atoms with Gasteiger partial charge in [0.25, 0.3) is 0 Å². The lowest BCUT2D eigenvalue weighted by molar-refractivity contribution is 0.768. The Bertz CT molecular complexity index is 3560. The number of benzene rings is 10. The van der Waals surface area contributed by atoms with Crippen LogP contribution in [-0.4, -0.2) is 4.57 Å². The van der Waals surface area contributed by atoms with Gasteiger partial charge in [0.1, 0.15) is 0 Å². The van der Waals surface area contributed by atoms with E-state index in [1.807, 2.05) is 0 Å². The Morgan fingerprint density at radius 2 is 1.03 bits per heavy atom. The highest BCUT2D eigenvalue weighted by Gasteiger charge is 2.47. The van der Waals surface area contributed by atoms with Crippen molar-refractivity contribution in [2.24, 2.45) is 0 Å². The summed E-state index contributed by atoms with van der Waals surface area (Å²) < 4.78 is 2.50. The second-order valence-electron chi connectivity index (χ2n) is 17.6. The van der Waals surface area contributed by atoms with Gasteiger partial charge in [-0.1, -0.05) is 183 Å². The van der Waals surface area contributed by atoms with Crippen LogP contribution in [-0.2, 0) is 5.41 Å². The Kier molecular flexibility index (Phi) is 8.20. The summed E-state index contributed by atoms with van der Waals surface area (Å²) in [6.07, 6.45) is 5.75. The summed E-state index contributed by atoms with van der Waals surface area (Å²) in [6, 6.07) is 81.4. The maximum absolute atomic E-state index is 2.50. The van der Waals surface area contributed by atoms with E-state index < -0.39 is 5.41 Å². The Labute approximate surface area is 373 Å². The molecule has 0 saturated heterocycles. The van der Waals surface area contributed by atoms with Gasteiger partial charge < -0.3 is 9.47 Å². The molecule has 10 aromatic carbocycles. The van der Waals surface area contributed by atoms with Crippen LogP contribution in [0.3, 0.4) is 0 Å². The van der Waals surface area contributed by atoms with Crippen molar-refractivity contribution in [1.82, 2.24) is 4.57 Å². The van der Waals surface area contributed by atoms with Crippen LogP contribution >= 0.6 is 0 Å². The molecule has 2 nitrogen and oxygen atoms in total. The van der Waals surface area contributed by atoms with Crippen LogP contribution in [0.25, 0.3) is 66.2 Å². The van der Waals surface area contributed by atoms with E-state index in [1.54, 1.807) is 0 Å². The fourth-order valence-corrected chi connectivity index (χ4v) is 11.6. The zero-order valence-electron chi connectivity index (χ0n) is 35.6. The lowest BCUT2D eigenvalue weighted by Crippen LogP contribution is -2.28. The van der Waals surface area contributed by atoms with Crippen molar-refractivity contribution in [3.8, 4) is 16.8 Å². The standard InChI is InChI=1S/C62H44N2/c1-41-19-17-30-51-47-26-11-12-27-48(47)54-39-45(35-37-52(54)60(41)51)63(44-24-9-4-10-25-44)46-36-38-53-56(40-46)62(42-20-5-2-6-21-42,43-22-7-3-8-23-43)55-31-18-34-59(61(53)55)64-57-32-15-13-28-49(57)50-29-14-16-33-58(50)64/h2-18,20-41H,19H2,1H3. The number of fused-ring (bicyclic) bond motifs is 12. The maximum atomic E-state index is 2.50. The number of hydrogen-bond donors (Lipinski definition) is 0. The molecule has 0 N–H and O–H groups in total. The average molecular weight is 817 g/mol. The van der Waals surface area contributed by atoms with Gasteiger partial charge in [0.05, 0.1) is 22.1 Å². The van der Waals surface area contributed by atoms with Gasteiger partial charge in [-0.15, -0.1) is 0 Å². The molecule has 0 saturated carbocycles. The van der Waals surface area contributed by atoms with Gasteiger partial charge in [-0.25, -0.2) is 0 Å². The minimum Gasteiger partial charge on any atom is -0.310 e. The number of rotatable bonds is 6. The summed E-state index contributed by atoms with van der Waals surface area (Å²) in [7, 11) is 0. The second kappa shape index (κ2) is 14.3. The second-order valence-corrected chi connectivity index (χ2v) is 17.6. The van der Waals surface area contributed by atoms with Crippen LogP contribution < -0.4 is 4.90 Å². The molecule has 11 aromatic rings. The van der Waals surface area contributed by atoms with Gasteiger partial charge in [-0.2, -0.15) is 0 Å². The molecule has 1 heterocycles. The van der Waals surface area contributed by atoms with Gasteiger partial charge in [0.2, 0.25) is 0 Å². The van der Waals surface area contributed by atoms with Crippen molar-refractivity contribution in [2.75, 3.05) is 4.90 Å². The summed E-state index contributed by atoms with van der Waals surface area (Å²) in [4.78, 5) is 2.47. The molecule has 1 unspecified atom stereocenters. The zero-order valence-corrected chi connectivity index (χ0v) is 35.6. The molecule has 0 radical (unpaired) electrons. The quantitative estimate of drug-likeness (QED) is 0.152. The Hall–Kier alpha value is -7.94. The first-order chi connectivity index (χ1) is 31.7. The van der Waals surface area contributed by atoms with E-state index in [0.29, 0.717) is 5.92 Å². The van der Waals surface area contributed by atoms with E-state index in [0.717, 1.165) is 23.5 Å². The summed E-state index contributed by atoms with van der Waals surface area (Å²) in [5, 5.41) is 7.77. The topological polar surface area (TPSA) is 8.17 Å². The molecular formula is C62H44N2. The third-order valence-electron chi connectivity index (χ3n) is 14.2. The Morgan fingerprint density at radius 3 is 1.72 bits per heavy atom. The van der Waals surface area contributed by atoms with Gasteiger partial charge in [-0.05, 0) is 127 Å². The fraction of sp³-hybridized carbons (Fsp3) is 0.0645. The minimum absolute atomic E-state index is 0.443. The highest BCUT2D eigenvalue weighted by molar-refractivity contribution is 6.15. The van der Waals surface area contributed by atoms with Gasteiger partial charge in [-0.3, -0.25) is 0 Å². The molecule has 2 heteroatoms. The van der Waals surface area contributed by atoms with Crippen LogP contribution in [0.2, 0.25) is 0 Å². The smallest absolute Gasteiger partial charge is 0.0715 e. The van der Waals surface area contributed by atoms with Crippen molar-refractivity contribution in [2.45, 2.75) is 24.7 Å². The maximum Gasteiger partial charge on any atom is 0.0715 e. The summed E-state index contributed by atoms with van der Waals surface area (Å²) in [5.74, 6) is 0.443. The van der Waals surface area contributed by atoms with Crippen LogP contribution in [0.4, 0.5) is 17.1 Å². The van der Waals surface area contributed by atoms with Crippen molar-refractivity contribution in [1.29, 1.82) is 0 Å². The van der Waals surface area contributed by atoms with E-state index in [2.05, 4.69) is 247 Å². The molecule has 0 spiro atoms. The lowest BCUT2D eigenvalue weighted by Gasteiger charge is -2.35. The first-order valence-corrected chi connectivity index (χ1v) is 22.6. The SMILES string of the molecule is CC1CC=Cc2c1c1ccc(N(c3ccccc3)c3ccc4c(c3)C(c3ccccc3)(c3ccccc3)c3cccc(-n5c6ccccc6c6ccccc65)c3-4)cc1c1ccccc21.